The molecule has 1 saturated heterocycles. The molecule has 0 bridgehead atoms. The monoisotopic (exact) mass is 486 g/mol. The highest BCUT2D eigenvalue weighted by Gasteiger charge is 2.35. The van der Waals surface area contributed by atoms with Gasteiger partial charge in [-0.15, -0.1) is 0 Å². The fourth-order valence-electron chi connectivity index (χ4n) is 3.43. The Kier molecular flexibility index (Phi) is 6.05. The summed E-state index contributed by atoms with van der Waals surface area (Å²) in [5.41, 5.74) is 0.0972. The molecule has 2 amide bonds. The predicted molar refractivity (Wildman–Crippen MR) is 125 cm³/mol. The van der Waals surface area contributed by atoms with Crippen LogP contribution in [-0.2, 0) is 15.8 Å². The van der Waals surface area contributed by atoms with Crippen molar-refractivity contribution in [1.29, 1.82) is 0 Å². The number of carbonyl (C=O) groups excluding carboxylic acids is 2. The van der Waals surface area contributed by atoms with Crippen molar-refractivity contribution in [1.82, 2.24) is 5.32 Å². The Balaban J connectivity index is 1.74. The Hall–Kier alpha value is -3.49. The lowest BCUT2D eigenvalue weighted by atomic mass is 9.97. The molecule has 4 rings (SSSR count). The molecule has 0 radical (unpaired) electrons. The molecule has 0 spiro atoms. The van der Waals surface area contributed by atoms with E-state index < -0.39 is 23.6 Å². The highest BCUT2D eigenvalue weighted by molar-refractivity contribution is 7.80. The minimum Gasteiger partial charge on any atom is -0.298 e. The summed E-state index contributed by atoms with van der Waals surface area (Å²) in [6.07, 6.45) is -3.21. The van der Waals surface area contributed by atoms with Crippen molar-refractivity contribution in [3.8, 4) is 11.1 Å². The van der Waals surface area contributed by atoms with E-state index in [-0.39, 0.29) is 16.2 Å². The quantitative estimate of drug-likeness (QED) is 0.287. The highest BCUT2D eigenvalue weighted by Crippen LogP contribution is 2.37. The summed E-state index contributed by atoms with van der Waals surface area (Å²) in [4.78, 5) is 26.8. The van der Waals surface area contributed by atoms with E-state index in [1.54, 1.807) is 36.4 Å². The molecule has 1 aliphatic heterocycles. The van der Waals surface area contributed by atoms with Gasteiger partial charge in [-0.2, -0.15) is 13.2 Å². The van der Waals surface area contributed by atoms with E-state index in [2.05, 4.69) is 5.32 Å². The summed E-state index contributed by atoms with van der Waals surface area (Å²) in [5.74, 6) is -1.36. The van der Waals surface area contributed by atoms with E-state index in [0.717, 1.165) is 11.0 Å². The maximum absolute atomic E-state index is 13.4. The van der Waals surface area contributed by atoms with E-state index >= 15 is 0 Å². The lowest BCUT2D eigenvalue weighted by Crippen LogP contribution is -2.54. The number of nitrogens with one attached hydrogen (secondary N) is 1. The van der Waals surface area contributed by atoms with E-state index in [9.17, 15) is 22.8 Å². The summed E-state index contributed by atoms with van der Waals surface area (Å²) >= 11 is 11.1. The molecule has 0 aromatic heterocycles. The van der Waals surface area contributed by atoms with Gasteiger partial charge in [-0.05, 0) is 71.4 Å². The van der Waals surface area contributed by atoms with Crippen molar-refractivity contribution in [3.63, 3.8) is 0 Å². The predicted octanol–water partition coefficient (Wildman–Crippen LogP) is 5.86. The topological polar surface area (TPSA) is 49.4 Å². The molecule has 1 N–H and O–H groups in total. The SMILES string of the molecule is O=C1NC(=S)N(c2ccc(Cl)cc2)C(=O)C1=Cc1cccc(-c2ccccc2C(F)(F)F)c1. The van der Waals surface area contributed by atoms with Crippen molar-refractivity contribution < 1.29 is 22.8 Å². The van der Waals surface area contributed by atoms with Crippen molar-refractivity contribution in [2.75, 3.05) is 4.90 Å². The van der Waals surface area contributed by atoms with Gasteiger partial charge in [0.05, 0.1) is 11.3 Å². The number of halogens is 4. The van der Waals surface area contributed by atoms with Crippen LogP contribution in [0.2, 0.25) is 5.02 Å². The second-order valence-corrected chi connectivity index (χ2v) is 7.93. The molecule has 166 valence electrons. The van der Waals surface area contributed by atoms with Crippen LogP contribution in [0.3, 0.4) is 0 Å². The van der Waals surface area contributed by atoms with Gasteiger partial charge in [-0.3, -0.25) is 19.8 Å². The second kappa shape index (κ2) is 8.80. The van der Waals surface area contributed by atoms with Crippen LogP contribution in [0.4, 0.5) is 18.9 Å². The van der Waals surface area contributed by atoms with Crippen molar-refractivity contribution in [2.24, 2.45) is 0 Å². The number of rotatable bonds is 3. The van der Waals surface area contributed by atoms with Crippen molar-refractivity contribution >= 4 is 52.5 Å². The molecular weight excluding hydrogens is 473 g/mol. The zero-order chi connectivity index (χ0) is 23.8. The highest BCUT2D eigenvalue weighted by atomic mass is 35.5. The Labute approximate surface area is 197 Å². The zero-order valence-corrected chi connectivity index (χ0v) is 18.3. The average Bonchev–Trinajstić information content (AvgIpc) is 2.77. The molecule has 4 nitrogen and oxygen atoms in total. The molecule has 0 unspecified atom stereocenters. The summed E-state index contributed by atoms with van der Waals surface area (Å²) in [6.45, 7) is 0. The van der Waals surface area contributed by atoms with Crippen molar-refractivity contribution in [2.45, 2.75) is 6.18 Å². The lowest BCUT2D eigenvalue weighted by Gasteiger charge is -2.29. The molecule has 0 atom stereocenters. The van der Waals surface area contributed by atoms with E-state index in [4.69, 9.17) is 23.8 Å². The first-order valence-corrected chi connectivity index (χ1v) is 10.4. The van der Waals surface area contributed by atoms with Crippen LogP contribution < -0.4 is 10.2 Å². The van der Waals surface area contributed by atoms with E-state index in [1.165, 1.54) is 36.4 Å². The van der Waals surface area contributed by atoms with Gasteiger partial charge in [0, 0.05) is 5.02 Å². The third-order valence-electron chi connectivity index (χ3n) is 4.93. The van der Waals surface area contributed by atoms with Gasteiger partial charge < -0.3 is 0 Å². The van der Waals surface area contributed by atoms with Crippen LogP contribution in [-0.4, -0.2) is 16.9 Å². The number of thiocarbonyl (C=S) groups is 1. The number of hydrogen-bond donors (Lipinski definition) is 1. The van der Waals surface area contributed by atoms with Crippen LogP contribution in [0, 0.1) is 0 Å². The smallest absolute Gasteiger partial charge is 0.298 e. The molecule has 0 saturated carbocycles. The minimum absolute atomic E-state index is 0.00589. The van der Waals surface area contributed by atoms with Gasteiger partial charge in [0.25, 0.3) is 11.8 Å². The van der Waals surface area contributed by atoms with Gasteiger partial charge in [0.1, 0.15) is 5.57 Å². The normalized spacial score (nSPS) is 15.7. The Morgan fingerprint density at radius 1 is 0.939 bits per heavy atom. The molecule has 3 aromatic rings. The number of carbonyl (C=O) groups is 2. The Morgan fingerprint density at radius 3 is 2.33 bits per heavy atom. The number of alkyl halides is 3. The minimum atomic E-state index is -4.53. The average molecular weight is 487 g/mol. The zero-order valence-electron chi connectivity index (χ0n) is 16.7. The first-order chi connectivity index (χ1) is 15.6. The first kappa shape index (κ1) is 22.7. The number of anilines is 1. The van der Waals surface area contributed by atoms with Crippen LogP contribution in [0.15, 0.2) is 78.4 Å². The lowest BCUT2D eigenvalue weighted by molar-refractivity contribution is -0.137. The van der Waals surface area contributed by atoms with Crippen LogP contribution >= 0.6 is 23.8 Å². The first-order valence-electron chi connectivity index (χ1n) is 9.59. The summed E-state index contributed by atoms with van der Waals surface area (Å²) in [5, 5.41) is 2.84. The van der Waals surface area contributed by atoms with E-state index in [0.29, 0.717) is 21.8 Å². The number of benzene rings is 3. The third kappa shape index (κ3) is 4.67. The molecule has 1 heterocycles. The number of amides is 2. The fraction of sp³-hybridized carbons (Fsp3) is 0.0417. The van der Waals surface area contributed by atoms with Gasteiger partial charge in [0.2, 0.25) is 0 Å². The molecule has 9 heteroatoms. The molecule has 1 fully saturated rings. The molecule has 1 aliphatic rings. The van der Waals surface area contributed by atoms with Crippen LogP contribution in [0.25, 0.3) is 17.2 Å². The maximum Gasteiger partial charge on any atom is 0.417 e. The Bertz CT molecular complexity index is 1300. The third-order valence-corrected chi connectivity index (χ3v) is 5.46. The second-order valence-electron chi connectivity index (χ2n) is 7.10. The van der Waals surface area contributed by atoms with Gasteiger partial charge in [-0.1, -0.05) is 48.0 Å². The number of nitrogens with zero attached hydrogens (tertiary/aromatic N) is 1. The van der Waals surface area contributed by atoms with Crippen molar-refractivity contribution in [3.05, 3.63) is 94.5 Å². The van der Waals surface area contributed by atoms with Crippen LogP contribution in [0.1, 0.15) is 11.1 Å². The summed E-state index contributed by atoms with van der Waals surface area (Å²) < 4.78 is 40.3. The summed E-state index contributed by atoms with van der Waals surface area (Å²) in [7, 11) is 0. The molecular formula is C24H14ClF3N2O2S. The van der Waals surface area contributed by atoms with E-state index in [1.807, 2.05) is 0 Å². The van der Waals surface area contributed by atoms with Gasteiger partial charge >= 0.3 is 6.18 Å². The Morgan fingerprint density at radius 2 is 1.64 bits per heavy atom. The molecule has 33 heavy (non-hydrogen) atoms. The number of hydrogen-bond acceptors (Lipinski definition) is 3. The standard InChI is InChI=1S/C24H14ClF3N2O2S/c25-16-8-10-17(11-9-16)30-22(32)19(21(31)29-23(30)33)13-14-4-3-5-15(12-14)18-6-1-2-7-20(18)24(26,27)28/h1-13H,(H,29,31,33). The van der Waals surface area contributed by atoms with Crippen LogP contribution in [0.5, 0.6) is 0 Å². The fourth-order valence-corrected chi connectivity index (χ4v) is 3.83. The largest absolute Gasteiger partial charge is 0.417 e. The molecule has 0 aliphatic carbocycles. The van der Waals surface area contributed by atoms with Gasteiger partial charge in [0.15, 0.2) is 5.11 Å². The molecule has 3 aromatic carbocycles. The summed E-state index contributed by atoms with van der Waals surface area (Å²) in [6, 6.07) is 17.7. The maximum atomic E-state index is 13.4. The van der Waals surface area contributed by atoms with Gasteiger partial charge in [-0.25, -0.2) is 0 Å².